The van der Waals surface area contributed by atoms with E-state index in [4.69, 9.17) is 0 Å². The fraction of sp³-hybridized carbons (Fsp3) is 0.259. The van der Waals surface area contributed by atoms with Crippen LogP contribution in [0, 0.1) is 6.92 Å². The molecule has 0 aliphatic carbocycles. The highest BCUT2D eigenvalue weighted by Crippen LogP contribution is 2.29. The third kappa shape index (κ3) is 4.70. The van der Waals surface area contributed by atoms with E-state index in [0.717, 1.165) is 16.7 Å². The molecule has 168 valence electrons. The van der Waals surface area contributed by atoms with E-state index in [1.807, 2.05) is 37.3 Å². The Labute approximate surface area is 193 Å². The molecule has 0 spiro atoms. The number of carbonyl (C=O) groups is 3. The Morgan fingerprint density at radius 3 is 2.48 bits per heavy atom. The van der Waals surface area contributed by atoms with E-state index >= 15 is 0 Å². The second-order valence-electron chi connectivity index (χ2n) is 8.70. The summed E-state index contributed by atoms with van der Waals surface area (Å²) in [5.41, 5.74) is 3.88. The maximum Gasteiger partial charge on any atom is 0.257 e. The molecule has 3 aromatic rings. The molecule has 0 N–H and O–H groups in total. The van der Waals surface area contributed by atoms with Crippen molar-refractivity contribution in [3.05, 3.63) is 95.3 Å². The summed E-state index contributed by atoms with van der Waals surface area (Å²) in [5, 5.41) is 0. The second kappa shape index (κ2) is 9.36. The van der Waals surface area contributed by atoms with Crippen molar-refractivity contribution in [2.75, 3.05) is 4.90 Å². The lowest BCUT2D eigenvalue weighted by Gasteiger charge is -2.28. The first-order chi connectivity index (χ1) is 15.8. The molecule has 2 heterocycles. The first kappa shape index (κ1) is 22.4. The van der Waals surface area contributed by atoms with Gasteiger partial charge < -0.3 is 4.90 Å². The van der Waals surface area contributed by atoms with Crippen LogP contribution < -0.4 is 4.90 Å². The molecular weight excluding hydrogens is 414 g/mol. The molecule has 4 rings (SSSR count). The first-order valence-corrected chi connectivity index (χ1v) is 11.1. The lowest BCUT2D eigenvalue weighted by molar-refractivity contribution is -0.122. The highest BCUT2D eigenvalue weighted by atomic mass is 16.2. The molecule has 1 unspecified atom stereocenters. The second-order valence-corrected chi connectivity index (χ2v) is 8.70. The zero-order valence-corrected chi connectivity index (χ0v) is 19.1. The smallest absolute Gasteiger partial charge is 0.257 e. The Kier molecular flexibility index (Phi) is 6.36. The van der Waals surface area contributed by atoms with Gasteiger partial charge in [0.05, 0.1) is 12.1 Å². The molecule has 6 heteroatoms. The molecule has 1 aromatic heterocycles. The fourth-order valence-corrected chi connectivity index (χ4v) is 4.09. The van der Waals surface area contributed by atoms with Gasteiger partial charge in [0.2, 0.25) is 5.91 Å². The number of hydrogen-bond acceptors (Lipinski definition) is 4. The van der Waals surface area contributed by atoms with Crippen molar-refractivity contribution >= 4 is 23.4 Å². The van der Waals surface area contributed by atoms with Crippen molar-refractivity contribution in [1.29, 1.82) is 0 Å². The van der Waals surface area contributed by atoms with Gasteiger partial charge in [-0.1, -0.05) is 49.7 Å². The summed E-state index contributed by atoms with van der Waals surface area (Å²) in [7, 11) is 0. The third-order valence-corrected chi connectivity index (χ3v) is 5.92. The van der Waals surface area contributed by atoms with Gasteiger partial charge in [-0.2, -0.15) is 0 Å². The molecule has 6 nitrogen and oxygen atoms in total. The maximum absolute atomic E-state index is 13.5. The lowest BCUT2D eigenvalue weighted by Crippen LogP contribution is -2.45. The normalized spacial score (nSPS) is 15.9. The predicted molar refractivity (Wildman–Crippen MR) is 127 cm³/mol. The zero-order chi connectivity index (χ0) is 23.5. The zero-order valence-electron chi connectivity index (χ0n) is 19.1. The van der Waals surface area contributed by atoms with Gasteiger partial charge in [0.1, 0.15) is 6.04 Å². The first-order valence-electron chi connectivity index (χ1n) is 11.1. The Balaban J connectivity index is 1.67. The van der Waals surface area contributed by atoms with Crippen LogP contribution in [0.15, 0.2) is 73.1 Å². The number of carbonyl (C=O) groups excluding carboxylic acids is 3. The third-order valence-electron chi connectivity index (χ3n) is 5.92. The molecule has 3 amide bonds. The lowest BCUT2D eigenvalue weighted by atomic mass is 10.0. The standard InChI is InChI=1S/C27H27N3O3/c1-18(2)21-9-11-23(12-10-21)30-25(31)15-24(27(30)33)29(17-20-7-5-13-28-16-20)26(32)22-8-4-6-19(3)14-22/h4-14,16,18,24H,15,17H2,1-3H3. The highest BCUT2D eigenvalue weighted by Gasteiger charge is 2.44. The van der Waals surface area contributed by atoms with Gasteiger partial charge in [0, 0.05) is 24.5 Å². The van der Waals surface area contributed by atoms with Gasteiger partial charge in [0.15, 0.2) is 0 Å². The van der Waals surface area contributed by atoms with E-state index in [1.54, 1.807) is 42.7 Å². The van der Waals surface area contributed by atoms with Crippen LogP contribution in [0.1, 0.15) is 53.2 Å². The summed E-state index contributed by atoms with van der Waals surface area (Å²) in [6, 6.07) is 17.5. The number of hydrogen-bond donors (Lipinski definition) is 0. The van der Waals surface area contributed by atoms with Gasteiger partial charge >= 0.3 is 0 Å². The van der Waals surface area contributed by atoms with Crippen molar-refractivity contribution in [1.82, 2.24) is 9.88 Å². The molecular formula is C27H27N3O3. The molecule has 0 radical (unpaired) electrons. The molecule has 1 atom stereocenters. The minimum atomic E-state index is -0.879. The number of anilines is 1. The van der Waals surface area contributed by atoms with E-state index in [-0.39, 0.29) is 30.7 Å². The Morgan fingerprint density at radius 2 is 1.85 bits per heavy atom. The van der Waals surface area contributed by atoms with Crippen LogP contribution in [0.4, 0.5) is 5.69 Å². The average Bonchev–Trinajstić information content (AvgIpc) is 3.11. The summed E-state index contributed by atoms with van der Waals surface area (Å²) in [5.74, 6) is -0.637. The summed E-state index contributed by atoms with van der Waals surface area (Å²) in [6.45, 7) is 6.27. The number of pyridine rings is 1. The number of rotatable bonds is 6. The van der Waals surface area contributed by atoms with Crippen LogP contribution in [0.2, 0.25) is 0 Å². The number of amides is 3. The Hall–Kier alpha value is -3.80. The van der Waals surface area contributed by atoms with Crippen LogP contribution in [0.3, 0.4) is 0 Å². The van der Waals surface area contributed by atoms with E-state index in [9.17, 15) is 14.4 Å². The van der Waals surface area contributed by atoms with Gasteiger partial charge in [-0.05, 0) is 54.3 Å². The molecule has 33 heavy (non-hydrogen) atoms. The van der Waals surface area contributed by atoms with Crippen LogP contribution in [-0.2, 0) is 16.1 Å². The molecule has 1 fully saturated rings. The molecule has 1 saturated heterocycles. The SMILES string of the molecule is Cc1cccc(C(=O)N(Cc2cccnc2)C2CC(=O)N(c3ccc(C(C)C)cc3)C2=O)c1. The monoisotopic (exact) mass is 441 g/mol. The van der Waals surface area contributed by atoms with Crippen molar-refractivity contribution < 1.29 is 14.4 Å². The van der Waals surface area contributed by atoms with Crippen LogP contribution in [0.5, 0.6) is 0 Å². The number of benzene rings is 2. The summed E-state index contributed by atoms with van der Waals surface area (Å²) in [6.07, 6.45) is 3.27. The van der Waals surface area contributed by atoms with Crippen LogP contribution in [-0.4, -0.2) is 33.6 Å². The van der Waals surface area contributed by atoms with Gasteiger partial charge in [-0.25, -0.2) is 4.90 Å². The van der Waals surface area contributed by atoms with E-state index < -0.39 is 6.04 Å². The van der Waals surface area contributed by atoms with Crippen molar-refractivity contribution in [2.24, 2.45) is 0 Å². The highest BCUT2D eigenvalue weighted by molar-refractivity contribution is 6.23. The average molecular weight is 442 g/mol. The molecule has 0 saturated carbocycles. The largest absolute Gasteiger partial charge is 0.322 e. The van der Waals surface area contributed by atoms with Crippen LogP contribution in [0.25, 0.3) is 0 Å². The molecule has 0 bridgehead atoms. The Morgan fingerprint density at radius 1 is 1.09 bits per heavy atom. The Bertz CT molecular complexity index is 1170. The molecule has 1 aliphatic heterocycles. The minimum absolute atomic E-state index is 0.0530. The maximum atomic E-state index is 13.5. The summed E-state index contributed by atoms with van der Waals surface area (Å²) in [4.78, 5) is 46.8. The minimum Gasteiger partial charge on any atom is -0.322 e. The summed E-state index contributed by atoms with van der Waals surface area (Å²) < 4.78 is 0. The van der Waals surface area contributed by atoms with Crippen LogP contribution >= 0.6 is 0 Å². The van der Waals surface area contributed by atoms with Crippen molar-refractivity contribution in [3.63, 3.8) is 0 Å². The van der Waals surface area contributed by atoms with Gasteiger partial charge in [0.25, 0.3) is 11.8 Å². The van der Waals surface area contributed by atoms with Crippen molar-refractivity contribution in [2.45, 2.75) is 45.7 Å². The van der Waals surface area contributed by atoms with E-state index in [1.165, 1.54) is 9.80 Å². The quantitative estimate of drug-likeness (QED) is 0.529. The predicted octanol–water partition coefficient (Wildman–Crippen LogP) is 4.49. The van der Waals surface area contributed by atoms with E-state index in [0.29, 0.717) is 17.2 Å². The molecule has 1 aliphatic rings. The van der Waals surface area contributed by atoms with E-state index in [2.05, 4.69) is 18.8 Å². The number of aromatic nitrogens is 1. The topological polar surface area (TPSA) is 70.6 Å². The number of imide groups is 1. The van der Waals surface area contributed by atoms with Gasteiger partial charge in [-0.15, -0.1) is 0 Å². The molecule has 2 aromatic carbocycles. The fourth-order valence-electron chi connectivity index (χ4n) is 4.09. The van der Waals surface area contributed by atoms with Gasteiger partial charge in [-0.3, -0.25) is 19.4 Å². The summed E-state index contributed by atoms with van der Waals surface area (Å²) >= 11 is 0. The van der Waals surface area contributed by atoms with Crippen molar-refractivity contribution in [3.8, 4) is 0 Å². The number of aryl methyl sites for hydroxylation is 1. The number of nitrogens with zero attached hydrogens (tertiary/aromatic N) is 3.